The number of methoxy groups -OCH3 is 1. The number of amides is 1. The van der Waals surface area contributed by atoms with Gasteiger partial charge in [-0.15, -0.1) is 0 Å². The normalized spacial score (nSPS) is 20.2. The summed E-state index contributed by atoms with van der Waals surface area (Å²) in [6.07, 6.45) is 4.27. The Labute approximate surface area is 174 Å². The van der Waals surface area contributed by atoms with Gasteiger partial charge in [0.15, 0.2) is 5.11 Å². The Kier molecular flexibility index (Phi) is 5.49. The Morgan fingerprint density at radius 3 is 2.72 bits per heavy atom. The van der Waals surface area contributed by atoms with Crippen molar-refractivity contribution in [2.45, 2.75) is 18.9 Å². The predicted octanol–water partition coefficient (Wildman–Crippen LogP) is 2.39. The number of nitrogens with zero attached hydrogens (tertiary/aromatic N) is 2. The Bertz CT molecular complexity index is 1010. The zero-order valence-corrected chi connectivity index (χ0v) is 17.0. The summed E-state index contributed by atoms with van der Waals surface area (Å²) in [5, 5.41) is 3.25. The molecule has 1 N–H and O–H groups in total. The lowest BCUT2D eigenvalue weighted by atomic mass is 9.83. The number of ether oxygens (including phenoxy) is 1. The summed E-state index contributed by atoms with van der Waals surface area (Å²) in [6, 6.07) is 12.9. The van der Waals surface area contributed by atoms with E-state index in [1.165, 1.54) is 6.08 Å². The molecular formula is C22H23N3O3S. The molecule has 2 bridgehead atoms. The van der Waals surface area contributed by atoms with E-state index in [1.807, 2.05) is 45.9 Å². The number of hydrogen-bond acceptors (Lipinski definition) is 4. The average molecular weight is 410 g/mol. The third-order valence-corrected chi connectivity index (χ3v) is 5.90. The van der Waals surface area contributed by atoms with Crippen LogP contribution in [0.4, 0.5) is 0 Å². The second-order valence-electron chi connectivity index (χ2n) is 7.50. The van der Waals surface area contributed by atoms with Gasteiger partial charge in [-0.1, -0.05) is 18.2 Å². The number of carbonyl (C=O) groups is 1. The standard InChI is InChI=1S/C22H23N3O3S/c1-28-18-8-5-15(6-9-18)7-10-20(26)23-22(29)24-12-16-11-17(14-24)19-3-2-4-21(27)25(19)13-16/h2-10,16-17H,11-14H2,1H3,(H,23,26,29)/b10-7+/t16-,17+/m1/s1. The van der Waals surface area contributed by atoms with Crippen LogP contribution in [0.25, 0.3) is 6.08 Å². The Hall–Kier alpha value is -2.93. The molecule has 2 aliphatic rings. The number of thiocarbonyl (C=S) groups is 1. The first kappa shape index (κ1) is 19.4. The number of rotatable bonds is 3. The van der Waals surface area contributed by atoms with Gasteiger partial charge in [0.25, 0.3) is 5.56 Å². The molecule has 0 saturated carbocycles. The van der Waals surface area contributed by atoms with Crippen LogP contribution in [-0.4, -0.2) is 40.7 Å². The molecule has 2 aliphatic heterocycles. The number of benzene rings is 1. The minimum atomic E-state index is -0.252. The molecule has 4 rings (SSSR count). The lowest BCUT2D eigenvalue weighted by molar-refractivity contribution is -0.115. The molecule has 1 aromatic heterocycles. The SMILES string of the molecule is COc1ccc(/C=C/C(=O)NC(=S)N2C[C@H]3C[C@@H](C2)c2cccc(=O)n2C3)cc1. The molecule has 0 spiro atoms. The highest BCUT2D eigenvalue weighted by Crippen LogP contribution is 2.34. The summed E-state index contributed by atoms with van der Waals surface area (Å²) in [7, 11) is 1.62. The minimum absolute atomic E-state index is 0.0604. The molecule has 1 saturated heterocycles. The van der Waals surface area contributed by atoms with Crippen molar-refractivity contribution in [3.05, 3.63) is 70.2 Å². The molecule has 1 fully saturated rings. The molecule has 0 unspecified atom stereocenters. The predicted molar refractivity (Wildman–Crippen MR) is 116 cm³/mol. The van der Waals surface area contributed by atoms with Crippen molar-refractivity contribution in [1.82, 2.24) is 14.8 Å². The van der Waals surface area contributed by atoms with Crippen LogP contribution in [0.15, 0.2) is 53.3 Å². The van der Waals surface area contributed by atoms with Crippen molar-refractivity contribution in [1.29, 1.82) is 0 Å². The van der Waals surface area contributed by atoms with Gasteiger partial charge in [-0.3, -0.25) is 14.9 Å². The van der Waals surface area contributed by atoms with E-state index in [4.69, 9.17) is 17.0 Å². The van der Waals surface area contributed by atoms with E-state index in [-0.39, 0.29) is 17.4 Å². The molecule has 1 aromatic carbocycles. The van der Waals surface area contributed by atoms with Crippen LogP contribution in [0.5, 0.6) is 5.75 Å². The van der Waals surface area contributed by atoms with Crippen molar-refractivity contribution < 1.29 is 9.53 Å². The van der Waals surface area contributed by atoms with Crippen LogP contribution in [0.2, 0.25) is 0 Å². The van der Waals surface area contributed by atoms with E-state index < -0.39 is 0 Å². The zero-order valence-electron chi connectivity index (χ0n) is 16.2. The molecule has 3 heterocycles. The first-order chi connectivity index (χ1) is 14.0. The van der Waals surface area contributed by atoms with Gasteiger partial charge >= 0.3 is 0 Å². The van der Waals surface area contributed by atoms with E-state index in [0.29, 0.717) is 24.1 Å². The fraction of sp³-hybridized carbons (Fsp3) is 0.318. The molecule has 0 radical (unpaired) electrons. The van der Waals surface area contributed by atoms with E-state index in [0.717, 1.165) is 30.0 Å². The molecule has 2 atom stereocenters. The second-order valence-corrected chi connectivity index (χ2v) is 7.89. The zero-order chi connectivity index (χ0) is 20.4. The lowest BCUT2D eigenvalue weighted by Gasteiger charge is -2.43. The summed E-state index contributed by atoms with van der Waals surface area (Å²) in [5.41, 5.74) is 2.03. The fourth-order valence-corrected chi connectivity index (χ4v) is 4.43. The number of pyridine rings is 1. The summed E-state index contributed by atoms with van der Waals surface area (Å²) < 4.78 is 7.01. The van der Waals surface area contributed by atoms with Crippen molar-refractivity contribution >= 4 is 29.3 Å². The van der Waals surface area contributed by atoms with Crippen molar-refractivity contribution in [3.8, 4) is 5.75 Å². The maximum absolute atomic E-state index is 12.3. The van der Waals surface area contributed by atoms with E-state index >= 15 is 0 Å². The summed E-state index contributed by atoms with van der Waals surface area (Å²) >= 11 is 5.49. The van der Waals surface area contributed by atoms with Crippen molar-refractivity contribution in [2.24, 2.45) is 5.92 Å². The molecule has 7 heteroatoms. The van der Waals surface area contributed by atoms with Crippen LogP contribution in [0.1, 0.15) is 23.6 Å². The lowest BCUT2D eigenvalue weighted by Crippen LogP contribution is -2.52. The largest absolute Gasteiger partial charge is 0.497 e. The minimum Gasteiger partial charge on any atom is -0.497 e. The first-order valence-electron chi connectivity index (χ1n) is 9.65. The number of aromatic nitrogens is 1. The topological polar surface area (TPSA) is 63.6 Å². The molecule has 0 aliphatic carbocycles. The van der Waals surface area contributed by atoms with Gasteiger partial charge in [-0.2, -0.15) is 0 Å². The Morgan fingerprint density at radius 1 is 1.17 bits per heavy atom. The van der Waals surface area contributed by atoms with E-state index in [1.54, 1.807) is 19.3 Å². The fourth-order valence-electron chi connectivity index (χ4n) is 4.18. The van der Waals surface area contributed by atoms with Crippen LogP contribution in [0.3, 0.4) is 0 Å². The molecule has 6 nitrogen and oxygen atoms in total. The highest BCUT2D eigenvalue weighted by atomic mass is 32.1. The molecule has 29 heavy (non-hydrogen) atoms. The Morgan fingerprint density at radius 2 is 1.97 bits per heavy atom. The van der Waals surface area contributed by atoms with Crippen LogP contribution < -0.4 is 15.6 Å². The number of fused-ring (bicyclic) bond motifs is 4. The van der Waals surface area contributed by atoms with Crippen molar-refractivity contribution in [3.63, 3.8) is 0 Å². The highest BCUT2D eigenvalue weighted by Gasteiger charge is 2.35. The van der Waals surface area contributed by atoms with Gasteiger partial charge in [0.1, 0.15) is 5.75 Å². The third-order valence-electron chi connectivity index (χ3n) is 5.54. The van der Waals surface area contributed by atoms with Crippen molar-refractivity contribution in [2.75, 3.05) is 20.2 Å². The van der Waals surface area contributed by atoms with Gasteiger partial charge in [0.05, 0.1) is 7.11 Å². The number of carbonyl (C=O) groups excluding carboxylic acids is 1. The van der Waals surface area contributed by atoms with Crippen LogP contribution >= 0.6 is 12.2 Å². The first-order valence-corrected chi connectivity index (χ1v) is 10.1. The third kappa shape index (κ3) is 4.24. The maximum Gasteiger partial charge on any atom is 0.250 e. The smallest absolute Gasteiger partial charge is 0.250 e. The molecular weight excluding hydrogens is 386 g/mol. The average Bonchev–Trinajstić information content (AvgIpc) is 2.73. The van der Waals surface area contributed by atoms with Gasteiger partial charge in [-0.05, 0) is 54.4 Å². The number of likely N-dealkylation sites (tertiary alicyclic amines) is 1. The van der Waals surface area contributed by atoms with E-state index in [2.05, 4.69) is 5.32 Å². The van der Waals surface area contributed by atoms with Gasteiger partial charge in [0.2, 0.25) is 5.91 Å². The van der Waals surface area contributed by atoms with E-state index in [9.17, 15) is 9.59 Å². The van der Waals surface area contributed by atoms with Gasteiger partial charge in [-0.25, -0.2) is 0 Å². The summed E-state index contributed by atoms with van der Waals surface area (Å²) in [6.45, 7) is 2.16. The van der Waals surface area contributed by atoms with Gasteiger partial charge in [0, 0.05) is 43.4 Å². The molecule has 150 valence electrons. The number of hydrogen-bond donors (Lipinski definition) is 1. The summed E-state index contributed by atoms with van der Waals surface area (Å²) in [5.74, 6) is 1.12. The molecule has 1 amide bonds. The van der Waals surface area contributed by atoms with Gasteiger partial charge < -0.3 is 14.2 Å². The number of nitrogens with one attached hydrogen (secondary N) is 1. The Balaban J connectivity index is 1.38. The molecule has 2 aromatic rings. The van der Waals surface area contributed by atoms with Crippen LogP contribution in [0, 0.1) is 5.92 Å². The number of piperidine rings is 1. The second kappa shape index (κ2) is 8.21. The highest BCUT2D eigenvalue weighted by molar-refractivity contribution is 7.80. The van der Waals surface area contributed by atoms with Crippen LogP contribution in [-0.2, 0) is 11.3 Å². The monoisotopic (exact) mass is 409 g/mol. The summed E-state index contributed by atoms with van der Waals surface area (Å²) in [4.78, 5) is 26.5. The quantitative estimate of drug-likeness (QED) is 0.623. The maximum atomic E-state index is 12.3.